The van der Waals surface area contributed by atoms with Crippen molar-refractivity contribution in [2.24, 2.45) is 0 Å². The molecule has 116 valence electrons. The van der Waals surface area contributed by atoms with Crippen molar-refractivity contribution in [3.63, 3.8) is 0 Å². The predicted molar refractivity (Wildman–Crippen MR) is 92.3 cm³/mol. The smallest absolute Gasteiger partial charge is 0.0781 e. The van der Waals surface area contributed by atoms with E-state index in [9.17, 15) is 5.11 Å². The Labute approximate surface area is 130 Å². The van der Waals surface area contributed by atoms with Crippen molar-refractivity contribution in [3.05, 3.63) is 42.0 Å². The molecule has 0 amide bonds. The summed E-state index contributed by atoms with van der Waals surface area (Å²) in [4.78, 5) is 0. The Morgan fingerprint density at radius 1 is 0.773 bits per heavy atom. The van der Waals surface area contributed by atoms with Crippen molar-refractivity contribution in [3.8, 4) is 11.1 Å². The molecule has 0 unspecified atom stereocenters. The molecule has 22 heavy (non-hydrogen) atoms. The van der Waals surface area contributed by atoms with Gasteiger partial charge in [0.05, 0.1) is 23.2 Å². The third kappa shape index (κ3) is 2.88. The van der Waals surface area contributed by atoms with Gasteiger partial charge in [0.1, 0.15) is 0 Å². The largest absolute Gasteiger partial charge is 0.397 e. The van der Waals surface area contributed by atoms with Crippen LogP contribution in [0.2, 0.25) is 0 Å². The summed E-state index contributed by atoms with van der Waals surface area (Å²) in [7, 11) is 0. The van der Waals surface area contributed by atoms with E-state index in [2.05, 4.69) is 24.3 Å². The molecule has 7 N–H and O–H groups in total. The maximum absolute atomic E-state index is 9.61. The average molecular weight is 297 g/mol. The molecule has 2 aromatic rings. The minimum Gasteiger partial charge on any atom is -0.397 e. The normalized spacial score (nSPS) is 21.7. The van der Waals surface area contributed by atoms with Crippen LogP contribution in [0.15, 0.2) is 36.4 Å². The average Bonchev–Trinajstić information content (AvgIpc) is 2.53. The van der Waals surface area contributed by atoms with Gasteiger partial charge in [-0.1, -0.05) is 24.3 Å². The van der Waals surface area contributed by atoms with Gasteiger partial charge in [0.15, 0.2) is 0 Å². The predicted octanol–water partition coefficient (Wildman–Crippen LogP) is 3.12. The van der Waals surface area contributed by atoms with Crippen molar-refractivity contribution in [2.75, 3.05) is 17.2 Å². The lowest BCUT2D eigenvalue weighted by atomic mass is 9.82. The quantitative estimate of drug-likeness (QED) is 0.640. The Hall–Kier alpha value is -2.20. The van der Waals surface area contributed by atoms with Crippen LogP contribution in [0.1, 0.15) is 37.2 Å². The fourth-order valence-electron chi connectivity index (χ4n) is 3.22. The highest BCUT2D eigenvalue weighted by Crippen LogP contribution is 2.35. The molecule has 0 saturated heterocycles. The number of anilines is 3. The molecule has 1 aliphatic carbocycles. The summed E-state index contributed by atoms with van der Waals surface area (Å²) in [5.41, 5.74) is 22.4. The van der Waals surface area contributed by atoms with Crippen molar-refractivity contribution >= 4 is 17.1 Å². The van der Waals surface area contributed by atoms with E-state index in [0.29, 0.717) is 23.0 Å². The summed E-state index contributed by atoms with van der Waals surface area (Å²) in [5.74, 6) is 0.555. The number of nitrogens with two attached hydrogens (primary N) is 3. The lowest BCUT2D eigenvalue weighted by Crippen LogP contribution is -2.16. The number of aliphatic hydroxyl groups is 1. The van der Waals surface area contributed by atoms with E-state index in [4.69, 9.17) is 17.2 Å². The molecule has 4 nitrogen and oxygen atoms in total. The van der Waals surface area contributed by atoms with Crippen molar-refractivity contribution < 1.29 is 5.11 Å². The van der Waals surface area contributed by atoms with Gasteiger partial charge in [0.2, 0.25) is 0 Å². The number of hydrogen-bond acceptors (Lipinski definition) is 4. The first-order chi connectivity index (χ1) is 10.5. The molecule has 0 spiro atoms. The van der Waals surface area contributed by atoms with E-state index in [1.807, 2.05) is 12.1 Å². The summed E-state index contributed by atoms with van der Waals surface area (Å²) in [6, 6.07) is 12.3. The SMILES string of the molecule is Nc1cc(-c2ccc(C3CCC(O)CC3)cc2)cc(N)c1N. The summed E-state index contributed by atoms with van der Waals surface area (Å²) >= 11 is 0. The molecular formula is C18H23N3O. The Morgan fingerprint density at radius 3 is 1.86 bits per heavy atom. The second kappa shape index (κ2) is 5.89. The number of nitrogen functional groups attached to an aromatic ring is 3. The van der Waals surface area contributed by atoms with Crippen molar-refractivity contribution in [2.45, 2.75) is 37.7 Å². The van der Waals surface area contributed by atoms with Crippen LogP contribution in [0.5, 0.6) is 0 Å². The molecule has 0 heterocycles. The van der Waals surface area contributed by atoms with Crippen molar-refractivity contribution in [1.29, 1.82) is 0 Å². The molecule has 1 fully saturated rings. The fourth-order valence-corrected chi connectivity index (χ4v) is 3.22. The Kier molecular flexibility index (Phi) is 3.94. The number of aliphatic hydroxyl groups excluding tert-OH is 1. The van der Waals surface area contributed by atoms with E-state index in [1.165, 1.54) is 5.56 Å². The lowest BCUT2D eigenvalue weighted by molar-refractivity contribution is 0.122. The van der Waals surface area contributed by atoms with Gasteiger partial charge in [-0.25, -0.2) is 0 Å². The molecule has 0 aliphatic heterocycles. The van der Waals surface area contributed by atoms with Crippen LogP contribution in [0.25, 0.3) is 11.1 Å². The Bertz CT molecular complexity index is 636. The minimum absolute atomic E-state index is 0.115. The second-order valence-electron chi connectivity index (χ2n) is 6.20. The Morgan fingerprint density at radius 2 is 1.32 bits per heavy atom. The number of rotatable bonds is 2. The topological polar surface area (TPSA) is 98.3 Å². The second-order valence-corrected chi connectivity index (χ2v) is 6.20. The van der Waals surface area contributed by atoms with Crippen LogP contribution in [0, 0.1) is 0 Å². The van der Waals surface area contributed by atoms with Crippen LogP contribution in [0.4, 0.5) is 17.1 Å². The zero-order valence-electron chi connectivity index (χ0n) is 12.6. The molecule has 1 aliphatic rings. The van der Waals surface area contributed by atoms with Gasteiger partial charge in [-0.2, -0.15) is 0 Å². The maximum atomic E-state index is 9.61. The molecule has 0 aromatic heterocycles. The molecule has 3 rings (SSSR count). The first kappa shape index (κ1) is 14.7. The summed E-state index contributed by atoms with van der Waals surface area (Å²) < 4.78 is 0. The summed E-state index contributed by atoms with van der Waals surface area (Å²) in [6.07, 6.45) is 3.80. The summed E-state index contributed by atoms with van der Waals surface area (Å²) in [6.45, 7) is 0. The number of hydrogen-bond donors (Lipinski definition) is 4. The molecule has 2 aromatic carbocycles. The fraction of sp³-hybridized carbons (Fsp3) is 0.333. The van der Waals surface area contributed by atoms with Gasteiger partial charge in [0, 0.05) is 0 Å². The number of benzene rings is 2. The van der Waals surface area contributed by atoms with Gasteiger partial charge in [0.25, 0.3) is 0 Å². The molecule has 0 atom stereocenters. The van der Waals surface area contributed by atoms with Gasteiger partial charge < -0.3 is 22.3 Å². The lowest BCUT2D eigenvalue weighted by Gasteiger charge is -2.25. The zero-order valence-corrected chi connectivity index (χ0v) is 12.6. The zero-order chi connectivity index (χ0) is 15.7. The Balaban J connectivity index is 1.82. The van der Waals surface area contributed by atoms with Gasteiger partial charge in [-0.05, 0) is 60.4 Å². The van der Waals surface area contributed by atoms with Crippen LogP contribution < -0.4 is 17.2 Å². The van der Waals surface area contributed by atoms with Crippen LogP contribution in [-0.2, 0) is 0 Å². The van der Waals surface area contributed by atoms with Gasteiger partial charge >= 0.3 is 0 Å². The van der Waals surface area contributed by atoms with E-state index in [1.54, 1.807) is 0 Å². The summed E-state index contributed by atoms with van der Waals surface area (Å²) in [5, 5.41) is 9.61. The van der Waals surface area contributed by atoms with Crippen molar-refractivity contribution in [1.82, 2.24) is 0 Å². The third-order valence-corrected chi connectivity index (χ3v) is 4.66. The standard InChI is InChI=1S/C18H23N3O/c19-16-9-14(10-17(20)18(16)21)13-3-1-11(2-4-13)12-5-7-15(22)8-6-12/h1-4,9-10,12,15,22H,5-8,19-21H2. The maximum Gasteiger partial charge on any atom is 0.0781 e. The van der Waals surface area contributed by atoms with E-state index < -0.39 is 0 Å². The van der Waals surface area contributed by atoms with E-state index in [0.717, 1.165) is 36.8 Å². The molecular weight excluding hydrogens is 274 g/mol. The monoisotopic (exact) mass is 297 g/mol. The highest BCUT2D eigenvalue weighted by atomic mass is 16.3. The van der Waals surface area contributed by atoms with E-state index in [-0.39, 0.29) is 6.10 Å². The molecule has 4 heteroatoms. The molecule has 0 radical (unpaired) electrons. The first-order valence-corrected chi connectivity index (χ1v) is 7.77. The molecule has 0 bridgehead atoms. The first-order valence-electron chi connectivity index (χ1n) is 7.77. The van der Waals surface area contributed by atoms with Gasteiger partial charge in [-0.3, -0.25) is 0 Å². The molecule has 1 saturated carbocycles. The highest BCUT2D eigenvalue weighted by Gasteiger charge is 2.20. The minimum atomic E-state index is -0.115. The van der Waals surface area contributed by atoms with Crippen LogP contribution >= 0.6 is 0 Å². The highest BCUT2D eigenvalue weighted by molar-refractivity contribution is 5.84. The van der Waals surface area contributed by atoms with Gasteiger partial charge in [-0.15, -0.1) is 0 Å². The van der Waals surface area contributed by atoms with E-state index >= 15 is 0 Å². The van der Waals surface area contributed by atoms with Crippen LogP contribution in [-0.4, -0.2) is 11.2 Å². The third-order valence-electron chi connectivity index (χ3n) is 4.66. The van der Waals surface area contributed by atoms with Crippen LogP contribution in [0.3, 0.4) is 0 Å².